The van der Waals surface area contributed by atoms with E-state index in [9.17, 15) is 19.3 Å². The van der Waals surface area contributed by atoms with Crippen molar-refractivity contribution in [3.63, 3.8) is 0 Å². The van der Waals surface area contributed by atoms with Crippen LogP contribution >= 0.6 is 11.6 Å². The summed E-state index contributed by atoms with van der Waals surface area (Å²) >= 11 is 5.59. The summed E-state index contributed by atoms with van der Waals surface area (Å²) in [7, 11) is 0. The van der Waals surface area contributed by atoms with Crippen molar-refractivity contribution < 1.29 is 19.1 Å². The summed E-state index contributed by atoms with van der Waals surface area (Å²) in [6, 6.07) is -1.65. The maximum absolute atomic E-state index is 12.9. The molecule has 4 aliphatic carbocycles. The third kappa shape index (κ3) is 4.35. The Morgan fingerprint density at radius 3 is 2.59 bits per heavy atom. The van der Waals surface area contributed by atoms with Gasteiger partial charge in [0.1, 0.15) is 17.9 Å². The average molecular weight is 496 g/mol. The van der Waals surface area contributed by atoms with Gasteiger partial charge in [-0.1, -0.05) is 13.8 Å². The van der Waals surface area contributed by atoms with E-state index in [1.807, 2.05) is 0 Å². The van der Waals surface area contributed by atoms with Crippen molar-refractivity contribution in [3.8, 4) is 0 Å². The van der Waals surface area contributed by atoms with E-state index >= 15 is 0 Å². The number of urea groups is 1. The minimum absolute atomic E-state index is 0.0302. The Labute approximate surface area is 206 Å². The number of fused-ring (bicyclic) bond motifs is 5. The number of carbonyl (C=O) groups is 3. The minimum atomic E-state index is -0.889. The van der Waals surface area contributed by atoms with Gasteiger partial charge >= 0.3 is 12.0 Å². The Balaban J connectivity index is 1.40. The number of nitrogens with one attached hydrogen (secondary N) is 1. The molecule has 0 radical (unpaired) electrons. The second kappa shape index (κ2) is 9.75. The Bertz CT molecular complexity index is 839. The van der Waals surface area contributed by atoms with Gasteiger partial charge in [0.15, 0.2) is 0 Å². The normalized spacial score (nSPS) is 39.8. The smallest absolute Gasteiger partial charge is 0.341 e. The lowest BCUT2D eigenvalue weighted by Gasteiger charge is -2.60. The van der Waals surface area contributed by atoms with Crippen LogP contribution in [0.3, 0.4) is 0 Å². The number of Topliss-reactive ketones (excluding diaryl/α,β-unsaturated/α-hetero) is 1. The van der Waals surface area contributed by atoms with Gasteiger partial charge in [-0.05, 0) is 81.0 Å². The summed E-state index contributed by atoms with van der Waals surface area (Å²) in [5.74, 6) is 2.33. The number of nitroso groups, excluding NO2 is 1. The van der Waals surface area contributed by atoms with Crippen LogP contribution in [0.5, 0.6) is 0 Å². The molecule has 8 nitrogen and oxygen atoms in total. The number of ketones is 1. The zero-order chi connectivity index (χ0) is 24.7. The van der Waals surface area contributed by atoms with Crippen molar-refractivity contribution >= 4 is 29.4 Å². The Kier molecular flexibility index (Phi) is 7.28. The highest BCUT2D eigenvalue weighted by atomic mass is 35.5. The lowest BCUT2D eigenvalue weighted by Crippen LogP contribution is -2.54. The summed E-state index contributed by atoms with van der Waals surface area (Å²) in [5, 5.41) is 5.81. The van der Waals surface area contributed by atoms with Crippen LogP contribution in [0.25, 0.3) is 0 Å². The monoisotopic (exact) mass is 495 g/mol. The first-order valence-corrected chi connectivity index (χ1v) is 13.4. The summed E-state index contributed by atoms with van der Waals surface area (Å²) in [5.41, 5.74) is 0.191. The van der Waals surface area contributed by atoms with Crippen molar-refractivity contribution in [1.29, 1.82) is 0 Å². The number of carbonyl (C=O) groups excluding carboxylic acids is 3. The average Bonchev–Trinajstić information content (AvgIpc) is 3.13. The zero-order valence-corrected chi connectivity index (χ0v) is 21.3. The molecule has 34 heavy (non-hydrogen) atoms. The van der Waals surface area contributed by atoms with Gasteiger partial charge in [-0.25, -0.2) is 9.59 Å². The fraction of sp³-hybridized carbons (Fsp3) is 0.880. The van der Waals surface area contributed by atoms with Crippen LogP contribution in [0.4, 0.5) is 4.79 Å². The summed E-state index contributed by atoms with van der Waals surface area (Å²) in [6.45, 7) is 6.24. The summed E-state index contributed by atoms with van der Waals surface area (Å²) < 4.78 is 5.99. The number of ether oxygens (including phenoxy) is 1. The third-order valence-corrected chi connectivity index (χ3v) is 10.1. The van der Waals surface area contributed by atoms with Gasteiger partial charge in [0.25, 0.3) is 0 Å². The standard InChI is InChI=1S/C25H38ClN3O5/c1-15(27-23(32)29(28-33)13-12-26)22(31)34-21-7-6-19-18-5-4-16-14-17(30)8-10-24(16,2)20(18)9-11-25(19,21)3/h15-16,18-21H,4-14H2,1-3H3,(H,27,32)/t15-,16-,18-,19-,20-,21-,24-,25-/m0/s1. The van der Waals surface area contributed by atoms with Crippen molar-refractivity contribution in [1.82, 2.24) is 10.3 Å². The summed E-state index contributed by atoms with van der Waals surface area (Å²) in [4.78, 5) is 48.0. The topological polar surface area (TPSA) is 105 Å². The Morgan fingerprint density at radius 1 is 1.15 bits per heavy atom. The maximum atomic E-state index is 12.9. The minimum Gasteiger partial charge on any atom is -0.460 e. The van der Waals surface area contributed by atoms with Gasteiger partial charge in [0.2, 0.25) is 0 Å². The van der Waals surface area contributed by atoms with E-state index in [1.165, 1.54) is 6.42 Å². The second-order valence-corrected chi connectivity index (χ2v) is 11.9. The predicted octanol–water partition coefficient (Wildman–Crippen LogP) is 4.83. The van der Waals surface area contributed by atoms with E-state index in [1.54, 1.807) is 6.92 Å². The van der Waals surface area contributed by atoms with Crippen LogP contribution in [-0.2, 0) is 14.3 Å². The highest BCUT2D eigenvalue weighted by molar-refractivity contribution is 6.18. The van der Waals surface area contributed by atoms with Gasteiger partial charge in [0, 0.05) is 24.1 Å². The third-order valence-electron chi connectivity index (χ3n) is 9.98. The maximum Gasteiger partial charge on any atom is 0.341 e. The van der Waals surface area contributed by atoms with Gasteiger partial charge in [0.05, 0.1) is 11.8 Å². The van der Waals surface area contributed by atoms with Crippen LogP contribution in [0.1, 0.15) is 78.6 Å². The van der Waals surface area contributed by atoms with E-state index in [0.717, 1.165) is 51.4 Å². The van der Waals surface area contributed by atoms with Crippen molar-refractivity contribution in [3.05, 3.63) is 4.91 Å². The highest BCUT2D eigenvalue weighted by Gasteiger charge is 2.61. The zero-order valence-electron chi connectivity index (χ0n) is 20.6. The Hall–Kier alpha value is -1.70. The van der Waals surface area contributed by atoms with Crippen LogP contribution < -0.4 is 5.32 Å². The predicted molar refractivity (Wildman–Crippen MR) is 128 cm³/mol. The number of halogens is 1. The molecule has 2 amide bonds. The van der Waals surface area contributed by atoms with E-state index in [0.29, 0.717) is 34.5 Å². The summed E-state index contributed by atoms with van der Waals surface area (Å²) in [6.07, 6.45) is 8.66. The lowest BCUT2D eigenvalue weighted by atomic mass is 9.45. The van der Waals surface area contributed by atoms with Gasteiger partial charge in [-0.3, -0.25) is 4.79 Å². The van der Waals surface area contributed by atoms with Crippen molar-refractivity contribution in [2.75, 3.05) is 12.4 Å². The van der Waals surface area contributed by atoms with Crippen LogP contribution in [0.2, 0.25) is 0 Å². The molecular formula is C25H38ClN3O5. The van der Waals surface area contributed by atoms with Crippen molar-refractivity contribution in [2.45, 2.75) is 90.7 Å². The first-order chi connectivity index (χ1) is 16.1. The van der Waals surface area contributed by atoms with Crippen LogP contribution in [0.15, 0.2) is 5.29 Å². The molecule has 0 aliphatic heterocycles. The molecule has 4 rings (SSSR count). The first kappa shape index (κ1) is 25.4. The molecular weight excluding hydrogens is 458 g/mol. The van der Waals surface area contributed by atoms with E-state index in [4.69, 9.17) is 16.3 Å². The van der Waals surface area contributed by atoms with E-state index < -0.39 is 18.0 Å². The highest BCUT2D eigenvalue weighted by Crippen LogP contribution is 2.66. The number of amides is 2. The molecule has 0 unspecified atom stereocenters. The van der Waals surface area contributed by atoms with Gasteiger partial charge in [-0.2, -0.15) is 5.01 Å². The molecule has 0 saturated heterocycles. The fourth-order valence-electron chi connectivity index (χ4n) is 8.01. The molecule has 4 saturated carbocycles. The van der Waals surface area contributed by atoms with E-state index in [-0.39, 0.29) is 29.4 Å². The number of esters is 1. The SMILES string of the molecule is C[C@H](NC(=O)N(CCCl)N=O)C(=O)O[C@H]1CC[C@H]2[C@@H]3CC[C@H]4CC(=O)CC[C@]4(C)[C@H]3CC[C@]12C. The number of nitrogens with zero attached hydrogens (tertiary/aromatic N) is 2. The molecule has 0 spiro atoms. The molecule has 1 N–H and O–H groups in total. The molecule has 0 bridgehead atoms. The van der Waals surface area contributed by atoms with Crippen LogP contribution in [-0.4, -0.2) is 47.4 Å². The molecule has 8 atom stereocenters. The molecule has 0 heterocycles. The number of rotatable bonds is 6. The Morgan fingerprint density at radius 2 is 1.88 bits per heavy atom. The van der Waals surface area contributed by atoms with Gasteiger partial charge in [-0.15, -0.1) is 16.5 Å². The molecule has 0 aromatic carbocycles. The molecule has 9 heteroatoms. The quantitative estimate of drug-likeness (QED) is 0.246. The lowest BCUT2D eigenvalue weighted by molar-refractivity contribution is -0.165. The number of hydrogen-bond acceptors (Lipinski definition) is 6. The van der Waals surface area contributed by atoms with E-state index in [2.05, 4.69) is 24.5 Å². The van der Waals surface area contributed by atoms with Gasteiger partial charge < -0.3 is 10.1 Å². The molecule has 0 aromatic heterocycles. The number of hydrogen-bond donors (Lipinski definition) is 1. The second-order valence-electron chi connectivity index (χ2n) is 11.5. The van der Waals surface area contributed by atoms with Crippen molar-refractivity contribution in [2.24, 2.45) is 39.8 Å². The molecule has 0 aromatic rings. The molecule has 4 fully saturated rings. The molecule has 4 aliphatic rings. The first-order valence-electron chi connectivity index (χ1n) is 12.8. The largest absolute Gasteiger partial charge is 0.460 e. The molecule has 190 valence electrons. The number of alkyl halides is 1. The fourth-order valence-corrected chi connectivity index (χ4v) is 8.17. The van der Waals surface area contributed by atoms with Crippen LogP contribution in [0, 0.1) is 39.4 Å².